The number of nitrogens with one attached hydrogen (secondary N) is 1. The topological polar surface area (TPSA) is 94.2 Å². The number of benzene rings is 2. The highest BCUT2D eigenvalue weighted by atomic mass is 35.5. The van der Waals surface area contributed by atoms with E-state index in [2.05, 4.69) is 0 Å². The number of hydrogen-bond donors (Lipinski definition) is 1. The average molecular weight is 479 g/mol. The second-order valence-electron chi connectivity index (χ2n) is 7.02. The lowest BCUT2D eigenvalue weighted by atomic mass is 10.1. The molecule has 0 fully saturated rings. The predicted molar refractivity (Wildman–Crippen MR) is 110 cm³/mol. The molecule has 164 valence electrons. The molecular weight excluding hydrogens is 457 g/mol. The average Bonchev–Trinajstić information content (AvgIpc) is 2.66. The summed E-state index contributed by atoms with van der Waals surface area (Å²) in [7, 11) is 1.48. The minimum absolute atomic E-state index is 0. The fourth-order valence-electron chi connectivity index (χ4n) is 2.65. The molecule has 2 amide bonds. The number of hydrogen-bond acceptors (Lipinski definition) is 5. The summed E-state index contributed by atoms with van der Waals surface area (Å²) in [6.07, 6.45) is 0. The van der Waals surface area contributed by atoms with Crippen molar-refractivity contribution in [2.45, 2.75) is 26.3 Å². The molecule has 2 aromatic rings. The third-order valence-electron chi connectivity index (χ3n) is 3.96. The van der Waals surface area contributed by atoms with Gasteiger partial charge in [0.25, 0.3) is 5.69 Å². The molecule has 0 aromatic heterocycles. The van der Waals surface area contributed by atoms with Crippen molar-refractivity contribution in [3.63, 3.8) is 0 Å². The fourth-order valence-corrected chi connectivity index (χ4v) is 3.07. The normalized spacial score (nSPS) is 11.4. The van der Waals surface area contributed by atoms with Gasteiger partial charge in [-0.3, -0.25) is 14.9 Å². The van der Waals surface area contributed by atoms with Gasteiger partial charge in [0.15, 0.2) is 0 Å². The zero-order chi connectivity index (χ0) is 21.1. The molecule has 2 aromatic carbocycles. The van der Waals surface area contributed by atoms with Crippen LogP contribution in [0.3, 0.4) is 0 Å². The van der Waals surface area contributed by atoms with Crippen LogP contribution in [-0.2, 0) is 0 Å². The number of quaternary nitrogens is 1. The third kappa shape index (κ3) is 6.06. The van der Waals surface area contributed by atoms with Gasteiger partial charge < -0.3 is 17.1 Å². The Morgan fingerprint density at radius 1 is 1.13 bits per heavy atom. The monoisotopic (exact) mass is 477 g/mol. The highest BCUT2D eigenvalue weighted by molar-refractivity contribution is 6.23. The van der Waals surface area contributed by atoms with Crippen LogP contribution in [0.15, 0.2) is 48.5 Å². The van der Waals surface area contributed by atoms with E-state index in [0.29, 0.717) is 10.3 Å². The van der Waals surface area contributed by atoms with Gasteiger partial charge in [0.1, 0.15) is 16.9 Å². The zero-order valence-corrected chi connectivity index (χ0v) is 19.0. The molecule has 0 radical (unpaired) electrons. The number of amides is 2. The molecule has 8 nitrogen and oxygen atoms in total. The van der Waals surface area contributed by atoms with Crippen LogP contribution >= 0.6 is 24.2 Å². The lowest BCUT2D eigenvalue weighted by Crippen LogP contribution is -3.25. The van der Waals surface area contributed by atoms with E-state index >= 15 is 0 Å². The molecular formula is C19H22Cl3N3O5. The number of ether oxygens (including phenoxy) is 1. The number of carbonyl (C=O) groups excluding carboxylic acids is 2. The Labute approximate surface area is 191 Å². The summed E-state index contributed by atoms with van der Waals surface area (Å²) < 4.78 is 5.81. The maximum Gasteiger partial charge on any atom is 0.370 e. The highest BCUT2D eigenvalue weighted by Gasteiger charge is 2.43. The molecule has 30 heavy (non-hydrogen) atoms. The van der Waals surface area contributed by atoms with Crippen molar-refractivity contribution in [3.8, 4) is 5.75 Å². The van der Waals surface area contributed by atoms with E-state index in [9.17, 15) is 19.7 Å². The van der Waals surface area contributed by atoms with E-state index < -0.39 is 22.3 Å². The lowest BCUT2D eigenvalue weighted by molar-refractivity contribution is -0.951. The summed E-state index contributed by atoms with van der Waals surface area (Å²) in [5.41, 5.74) is -1.13. The van der Waals surface area contributed by atoms with Crippen LogP contribution in [0, 0.1) is 10.1 Å². The smallest absolute Gasteiger partial charge is 0.370 e. The minimum atomic E-state index is -0.852. The quantitative estimate of drug-likeness (QED) is 0.381. The van der Waals surface area contributed by atoms with E-state index in [1.54, 1.807) is 39.0 Å². The molecule has 1 atom stereocenters. The van der Waals surface area contributed by atoms with Crippen LogP contribution in [-0.4, -0.2) is 33.9 Å². The molecule has 0 aliphatic carbocycles. The van der Waals surface area contributed by atoms with E-state index in [4.69, 9.17) is 16.5 Å². The van der Waals surface area contributed by atoms with Crippen LogP contribution in [0.25, 0.3) is 0 Å². The van der Waals surface area contributed by atoms with Crippen molar-refractivity contribution in [1.29, 1.82) is 0 Å². The Balaban J connectivity index is 0.00000420. The van der Waals surface area contributed by atoms with Gasteiger partial charge in [-0.15, -0.1) is 17.4 Å². The fraction of sp³-hybridized carbons (Fsp3) is 0.263. The molecule has 1 N–H and O–H groups in total. The lowest BCUT2D eigenvalue weighted by Gasteiger charge is -2.33. The third-order valence-corrected chi connectivity index (χ3v) is 4.29. The first kappa shape index (κ1) is 27.6. The second kappa shape index (κ2) is 11.1. The van der Waals surface area contributed by atoms with Crippen molar-refractivity contribution in [2.75, 3.05) is 7.11 Å². The number of para-hydroxylation sites is 1. The molecule has 1 unspecified atom stereocenters. The molecule has 2 rings (SSSR count). The maximum absolute atomic E-state index is 13.2. The van der Waals surface area contributed by atoms with Crippen LogP contribution < -0.4 is 22.2 Å². The van der Waals surface area contributed by atoms with Gasteiger partial charge in [-0.05, 0) is 45.0 Å². The first-order valence-corrected chi connectivity index (χ1v) is 8.71. The molecule has 0 bridgehead atoms. The van der Waals surface area contributed by atoms with Crippen molar-refractivity contribution in [1.82, 2.24) is 4.53 Å². The van der Waals surface area contributed by atoms with E-state index in [1.807, 2.05) is 0 Å². The van der Waals surface area contributed by atoms with Gasteiger partial charge in [0, 0.05) is 6.07 Å². The number of carbonyl (C=O) groups is 2. The minimum Gasteiger partial charge on any atom is -1.00 e. The molecule has 0 aliphatic rings. The van der Waals surface area contributed by atoms with Crippen LogP contribution in [0.2, 0.25) is 0 Å². The summed E-state index contributed by atoms with van der Waals surface area (Å²) >= 11 is 6.28. The standard InChI is InChI=1S/C19H20ClN3O5.2ClH/c1-19(2,3)21(17(24)13-8-7-9-14(12-13)28-4)22(20)18(25)15-10-5-6-11-16(15)23(26)27;;/h5-12H,1-4H3;2*1H. The number of nitro groups is 1. The molecule has 0 saturated carbocycles. The van der Waals surface area contributed by atoms with Gasteiger partial charge >= 0.3 is 11.8 Å². The van der Waals surface area contributed by atoms with Gasteiger partial charge in [-0.2, -0.15) is 0 Å². The first-order valence-electron chi connectivity index (χ1n) is 8.37. The zero-order valence-electron chi connectivity index (χ0n) is 16.7. The number of rotatable bonds is 4. The SMILES string of the molecule is COc1cccc(C(=O)[NH+](N(Cl)C(=O)c2ccccc2[N+](=O)[O-])C(C)(C)C)c1.Cl.[Cl-]. The van der Waals surface area contributed by atoms with E-state index in [0.717, 1.165) is 0 Å². The Morgan fingerprint density at radius 3 is 2.27 bits per heavy atom. The van der Waals surface area contributed by atoms with Crippen molar-refractivity contribution >= 4 is 41.7 Å². The Morgan fingerprint density at radius 2 is 1.73 bits per heavy atom. The van der Waals surface area contributed by atoms with Crippen LogP contribution in [0.1, 0.15) is 41.5 Å². The van der Waals surface area contributed by atoms with Crippen LogP contribution in [0.4, 0.5) is 5.69 Å². The summed E-state index contributed by atoms with van der Waals surface area (Å²) in [6.45, 7) is 5.17. The molecule has 11 heteroatoms. The number of halogens is 3. The second-order valence-corrected chi connectivity index (χ2v) is 7.36. The molecule has 0 heterocycles. The summed E-state index contributed by atoms with van der Waals surface area (Å²) in [5.74, 6) is -0.853. The maximum atomic E-state index is 13.2. The first-order chi connectivity index (χ1) is 13.1. The number of nitrogens with zero attached hydrogens (tertiary/aromatic N) is 2. The van der Waals surface area contributed by atoms with Crippen molar-refractivity contribution in [2.24, 2.45) is 0 Å². The Kier molecular flexibility index (Phi) is 10.2. The van der Waals surface area contributed by atoms with E-state index in [-0.39, 0.29) is 46.6 Å². The summed E-state index contributed by atoms with van der Waals surface area (Å²) in [5, 5.41) is 11.2. The van der Waals surface area contributed by atoms with Crippen molar-refractivity contribution < 1.29 is 36.7 Å². The number of nitro benzene ring substituents is 1. The largest absolute Gasteiger partial charge is 1.00 e. The van der Waals surface area contributed by atoms with Gasteiger partial charge in [0.2, 0.25) is 0 Å². The molecule has 0 aliphatic heterocycles. The predicted octanol–water partition coefficient (Wildman–Crippen LogP) is 0.0640. The Bertz CT molecular complexity index is 918. The van der Waals surface area contributed by atoms with Crippen molar-refractivity contribution in [3.05, 3.63) is 69.8 Å². The van der Waals surface area contributed by atoms with Gasteiger partial charge in [0.05, 0.1) is 29.4 Å². The molecule has 0 spiro atoms. The van der Waals surface area contributed by atoms with Gasteiger partial charge in [-0.1, -0.05) is 22.7 Å². The summed E-state index contributed by atoms with van der Waals surface area (Å²) in [6, 6.07) is 11.9. The highest BCUT2D eigenvalue weighted by Crippen LogP contribution is 2.20. The van der Waals surface area contributed by atoms with Crippen LogP contribution in [0.5, 0.6) is 5.75 Å². The summed E-state index contributed by atoms with van der Waals surface area (Å²) in [4.78, 5) is 36.6. The Hall–Kier alpha value is -2.39. The van der Waals surface area contributed by atoms with Gasteiger partial charge in [-0.25, -0.2) is 4.79 Å². The van der Waals surface area contributed by atoms with E-state index in [1.165, 1.54) is 37.4 Å². The molecule has 0 saturated heterocycles. The number of methoxy groups -OCH3 is 1.